The van der Waals surface area contributed by atoms with Crippen molar-refractivity contribution < 1.29 is 13.9 Å². The van der Waals surface area contributed by atoms with Crippen LogP contribution in [0.15, 0.2) is 66.9 Å². The number of nitrogens with zero attached hydrogens (tertiary/aromatic N) is 1. The third-order valence-electron chi connectivity index (χ3n) is 3.71. The minimum Gasteiger partial charge on any atom is -0.618 e. The van der Waals surface area contributed by atoms with E-state index in [9.17, 15) is 14.4 Å². The van der Waals surface area contributed by atoms with E-state index < -0.39 is 5.82 Å². The van der Waals surface area contributed by atoms with Crippen LogP contribution in [0.3, 0.4) is 0 Å². The lowest BCUT2D eigenvalue weighted by Gasteiger charge is -2.08. The highest BCUT2D eigenvalue weighted by atomic mass is 35.5. The smallest absolute Gasteiger partial charge is 0.251 e. The van der Waals surface area contributed by atoms with Crippen LogP contribution >= 0.6 is 11.6 Å². The first kappa shape index (κ1) is 16.9. The van der Waals surface area contributed by atoms with Crippen molar-refractivity contribution in [2.45, 2.75) is 6.54 Å². The molecule has 0 spiro atoms. The van der Waals surface area contributed by atoms with Crippen LogP contribution in [0.4, 0.5) is 4.39 Å². The van der Waals surface area contributed by atoms with Gasteiger partial charge in [0.05, 0.1) is 5.02 Å². The molecule has 0 atom stereocenters. The van der Waals surface area contributed by atoms with Gasteiger partial charge in [-0.25, -0.2) is 4.39 Å². The maximum absolute atomic E-state index is 13.6. The number of carbonyl (C=O) groups excluding carboxylic acids is 1. The summed E-state index contributed by atoms with van der Waals surface area (Å²) in [5.74, 6) is -0.835. The van der Waals surface area contributed by atoms with Crippen molar-refractivity contribution in [3.05, 3.63) is 94.2 Å². The minimum absolute atomic E-state index is 0.0476. The average molecular weight is 357 g/mol. The molecule has 25 heavy (non-hydrogen) atoms. The second-order valence-corrected chi connectivity index (χ2v) is 5.82. The molecule has 1 heterocycles. The molecule has 0 aliphatic heterocycles. The average Bonchev–Trinajstić information content (AvgIpc) is 2.63. The molecular weight excluding hydrogens is 343 g/mol. The van der Waals surface area contributed by atoms with Crippen LogP contribution < -0.4 is 10.0 Å². The number of benzene rings is 2. The first-order valence-electron chi connectivity index (χ1n) is 7.55. The Hall–Kier alpha value is -2.92. The van der Waals surface area contributed by atoms with E-state index in [1.54, 1.807) is 48.5 Å². The van der Waals surface area contributed by atoms with Gasteiger partial charge in [0, 0.05) is 17.7 Å². The Morgan fingerprint density at radius 1 is 1.08 bits per heavy atom. The number of hydrogen-bond donors (Lipinski definition) is 1. The van der Waals surface area contributed by atoms with Crippen LogP contribution in [0.2, 0.25) is 5.02 Å². The molecule has 0 saturated carbocycles. The molecular formula is C19H14ClFN2O2. The summed E-state index contributed by atoms with van der Waals surface area (Å²) >= 11 is 5.70. The Balaban J connectivity index is 1.77. The molecule has 1 aromatic heterocycles. The lowest BCUT2D eigenvalue weighted by Crippen LogP contribution is -2.35. The molecule has 0 aliphatic rings. The van der Waals surface area contributed by atoms with E-state index in [0.29, 0.717) is 27.1 Å². The third kappa shape index (κ3) is 3.95. The van der Waals surface area contributed by atoms with Crippen LogP contribution in [0.25, 0.3) is 11.1 Å². The summed E-state index contributed by atoms with van der Waals surface area (Å²) in [6.07, 6.45) is 1.37. The first-order chi connectivity index (χ1) is 12.0. The van der Waals surface area contributed by atoms with E-state index in [1.165, 1.54) is 18.3 Å². The Bertz CT molecular complexity index is 931. The van der Waals surface area contributed by atoms with Gasteiger partial charge < -0.3 is 10.5 Å². The van der Waals surface area contributed by atoms with E-state index >= 15 is 0 Å². The maximum Gasteiger partial charge on any atom is 0.251 e. The minimum atomic E-state index is -0.516. The maximum atomic E-state index is 13.6. The zero-order valence-electron chi connectivity index (χ0n) is 13.1. The van der Waals surface area contributed by atoms with Gasteiger partial charge in [-0.2, -0.15) is 4.73 Å². The van der Waals surface area contributed by atoms with Crippen molar-refractivity contribution in [3.8, 4) is 11.1 Å². The largest absolute Gasteiger partial charge is 0.618 e. The number of halogens is 2. The number of rotatable bonds is 4. The number of nitrogens with one attached hydrogen (secondary N) is 1. The topological polar surface area (TPSA) is 56.0 Å². The molecule has 3 rings (SSSR count). The van der Waals surface area contributed by atoms with Gasteiger partial charge in [-0.15, -0.1) is 0 Å². The van der Waals surface area contributed by atoms with Gasteiger partial charge in [-0.3, -0.25) is 4.79 Å². The van der Waals surface area contributed by atoms with Crippen molar-refractivity contribution in [1.82, 2.24) is 5.32 Å². The van der Waals surface area contributed by atoms with E-state index in [-0.39, 0.29) is 17.5 Å². The number of hydrogen-bond acceptors (Lipinski definition) is 2. The first-order valence-corrected chi connectivity index (χ1v) is 7.93. The monoisotopic (exact) mass is 356 g/mol. The predicted molar refractivity (Wildman–Crippen MR) is 93.4 cm³/mol. The quantitative estimate of drug-likeness (QED) is 0.572. The van der Waals surface area contributed by atoms with Gasteiger partial charge in [0.15, 0.2) is 6.20 Å². The van der Waals surface area contributed by atoms with Crippen molar-refractivity contribution in [2.24, 2.45) is 0 Å². The molecule has 0 bridgehead atoms. The molecule has 4 nitrogen and oxygen atoms in total. The molecule has 1 N–H and O–H groups in total. The summed E-state index contributed by atoms with van der Waals surface area (Å²) in [5.41, 5.74) is 2.17. The molecule has 3 aromatic rings. The summed E-state index contributed by atoms with van der Waals surface area (Å²) in [4.78, 5) is 12.3. The number of amides is 1. The molecule has 126 valence electrons. The van der Waals surface area contributed by atoms with Crippen LogP contribution in [0, 0.1) is 11.0 Å². The standard InChI is InChI=1S/C19H14ClFN2O2/c20-17-8-7-14(11-18(17)21)13-4-3-5-15(10-13)19(24)22-12-16-6-1-2-9-23(16)25/h1-11H,12H2,(H,22,24). The Kier molecular flexibility index (Phi) is 4.95. The summed E-state index contributed by atoms with van der Waals surface area (Å²) in [6.45, 7) is 0.114. The molecule has 0 fully saturated rings. The highest BCUT2D eigenvalue weighted by molar-refractivity contribution is 6.30. The number of carbonyl (C=O) groups is 1. The normalized spacial score (nSPS) is 10.5. The van der Waals surface area contributed by atoms with Crippen molar-refractivity contribution in [2.75, 3.05) is 0 Å². The van der Waals surface area contributed by atoms with Crippen LogP contribution in [0.5, 0.6) is 0 Å². The van der Waals surface area contributed by atoms with E-state index in [0.717, 1.165) is 0 Å². The zero-order chi connectivity index (χ0) is 17.8. The van der Waals surface area contributed by atoms with E-state index in [2.05, 4.69) is 5.32 Å². The Morgan fingerprint density at radius 2 is 1.88 bits per heavy atom. The van der Waals surface area contributed by atoms with Gasteiger partial charge in [0.25, 0.3) is 5.91 Å². The van der Waals surface area contributed by atoms with E-state index in [1.807, 2.05) is 0 Å². The fourth-order valence-corrected chi connectivity index (χ4v) is 2.51. The second-order valence-electron chi connectivity index (χ2n) is 5.41. The highest BCUT2D eigenvalue weighted by Gasteiger charge is 2.11. The summed E-state index contributed by atoms with van der Waals surface area (Å²) in [6, 6.07) is 16.3. The third-order valence-corrected chi connectivity index (χ3v) is 4.02. The molecule has 0 unspecified atom stereocenters. The van der Waals surface area contributed by atoms with Gasteiger partial charge >= 0.3 is 0 Å². The summed E-state index contributed by atoms with van der Waals surface area (Å²) in [5, 5.41) is 14.3. The van der Waals surface area contributed by atoms with Gasteiger partial charge in [0.2, 0.25) is 5.69 Å². The SMILES string of the molecule is O=C(NCc1cccc[n+]1[O-])c1cccc(-c2ccc(Cl)c(F)c2)c1. The second kappa shape index (κ2) is 7.32. The zero-order valence-corrected chi connectivity index (χ0v) is 13.8. The van der Waals surface area contributed by atoms with Crippen LogP contribution in [-0.4, -0.2) is 5.91 Å². The number of pyridine rings is 1. The van der Waals surface area contributed by atoms with Crippen LogP contribution in [0.1, 0.15) is 16.1 Å². The van der Waals surface area contributed by atoms with Crippen LogP contribution in [-0.2, 0) is 6.54 Å². The molecule has 1 amide bonds. The lowest BCUT2D eigenvalue weighted by atomic mass is 10.0. The highest BCUT2D eigenvalue weighted by Crippen LogP contribution is 2.25. The molecule has 2 aromatic carbocycles. The lowest BCUT2D eigenvalue weighted by molar-refractivity contribution is -0.614. The van der Waals surface area contributed by atoms with E-state index in [4.69, 9.17) is 11.6 Å². The molecule has 0 aliphatic carbocycles. The Labute approximate surface area is 149 Å². The predicted octanol–water partition coefficient (Wildman–Crippen LogP) is 3.71. The van der Waals surface area contributed by atoms with Crippen molar-refractivity contribution >= 4 is 17.5 Å². The van der Waals surface area contributed by atoms with Crippen molar-refractivity contribution in [3.63, 3.8) is 0 Å². The molecule has 0 radical (unpaired) electrons. The fraction of sp³-hybridized carbons (Fsp3) is 0.0526. The van der Waals surface area contributed by atoms with Gasteiger partial charge in [0.1, 0.15) is 12.4 Å². The summed E-state index contributed by atoms with van der Waals surface area (Å²) < 4.78 is 14.3. The Morgan fingerprint density at radius 3 is 2.64 bits per heavy atom. The molecule has 6 heteroatoms. The molecule has 0 saturated heterocycles. The van der Waals surface area contributed by atoms with Gasteiger partial charge in [-0.1, -0.05) is 29.8 Å². The fourth-order valence-electron chi connectivity index (χ4n) is 2.39. The number of aromatic nitrogens is 1. The van der Waals surface area contributed by atoms with Crippen molar-refractivity contribution in [1.29, 1.82) is 0 Å². The van der Waals surface area contributed by atoms with Gasteiger partial charge in [-0.05, 0) is 41.5 Å². The summed E-state index contributed by atoms with van der Waals surface area (Å²) in [7, 11) is 0.